The van der Waals surface area contributed by atoms with Crippen molar-refractivity contribution in [3.8, 4) is 9.88 Å². The lowest BCUT2D eigenvalue weighted by Gasteiger charge is -2.20. The van der Waals surface area contributed by atoms with Crippen LogP contribution in [0.5, 0.6) is 0 Å². The van der Waals surface area contributed by atoms with E-state index in [0.717, 1.165) is 21.8 Å². The molecular weight excluding hydrogens is 374 g/mol. The van der Waals surface area contributed by atoms with Gasteiger partial charge in [0.15, 0.2) is 0 Å². The fourth-order valence-corrected chi connectivity index (χ4v) is 6.53. The van der Waals surface area contributed by atoms with Crippen LogP contribution in [0.15, 0.2) is 22.9 Å². The van der Waals surface area contributed by atoms with Crippen LogP contribution >= 0.6 is 34.4 Å². The number of thiophene rings is 1. The topological polar surface area (TPSA) is 79.4 Å². The lowest BCUT2D eigenvalue weighted by atomic mass is 10.3. The van der Waals surface area contributed by atoms with Crippen LogP contribution in [0.3, 0.4) is 0 Å². The molecule has 1 N–H and O–H groups in total. The van der Waals surface area contributed by atoms with Gasteiger partial charge in [-0.2, -0.15) is 4.31 Å². The summed E-state index contributed by atoms with van der Waals surface area (Å²) in [5.41, 5.74) is 0.781. The van der Waals surface area contributed by atoms with Crippen molar-refractivity contribution < 1.29 is 13.2 Å². The smallest absolute Gasteiger partial charge is 0.239 e. The molecule has 1 aliphatic rings. The van der Waals surface area contributed by atoms with Crippen molar-refractivity contribution in [2.75, 3.05) is 17.9 Å². The van der Waals surface area contributed by atoms with Gasteiger partial charge >= 0.3 is 0 Å². The molecule has 0 aliphatic carbocycles. The highest BCUT2D eigenvalue weighted by Crippen LogP contribution is 2.28. The molecule has 1 amide bonds. The molecule has 2 aromatic heterocycles. The van der Waals surface area contributed by atoms with Crippen LogP contribution < -0.4 is 5.32 Å². The van der Waals surface area contributed by atoms with Gasteiger partial charge in [-0.15, -0.1) is 34.4 Å². The molecule has 0 bridgehead atoms. The Kier molecular flexibility index (Phi) is 5.07. The molecule has 1 fully saturated rings. The molecular formula is C13H15N3O3S4. The minimum atomic E-state index is -3.37. The number of hydrogen-bond donors (Lipinski definition) is 1. The molecule has 0 saturated carbocycles. The SMILES string of the molecule is CS(=O)(=O)N1CSC[C@@H]1C(=O)NCc1csc(-c2cccs2)n1. The first kappa shape index (κ1) is 16.9. The van der Waals surface area contributed by atoms with Crippen molar-refractivity contribution in [2.45, 2.75) is 12.6 Å². The third-order valence-corrected chi connectivity index (χ3v) is 7.64. The first-order chi connectivity index (χ1) is 10.9. The third-order valence-electron chi connectivity index (χ3n) is 3.30. The molecule has 0 unspecified atom stereocenters. The summed E-state index contributed by atoms with van der Waals surface area (Å²) >= 11 is 4.60. The van der Waals surface area contributed by atoms with E-state index in [4.69, 9.17) is 0 Å². The monoisotopic (exact) mass is 389 g/mol. The van der Waals surface area contributed by atoms with E-state index < -0.39 is 16.1 Å². The van der Waals surface area contributed by atoms with E-state index in [1.807, 2.05) is 22.9 Å². The number of aromatic nitrogens is 1. The van der Waals surface area contributed by atoms with Gasteiger partial charge in [-0.3, -0.25) is 4.79 Å². The molecule has 0 spiro atoms. The summed E-state index contributed by atoms with van der Waals surface area (Å²) < 4.78 is 24.6. The van der Waals surface area contributed by atoms with Gasteiger partial charge in [0, 0.05) is 11.1 Å². The van der Waals surface area contributed by atoms with E-state index in [0.29, 0.717) is 18.2 Å². The maximum atomic E-state index is 12.3. The second kappa shape index (κ2) is 6.89. The lowest BCUT2D eigenvalue weighted by Crippen LogP contribution is -2.46. The summed E-state index contributed by atoms with van der Waals surface area (Å²) in [6, 6.07) is 3.34. The minimum Gasteiger partial charge on any atom is -0.349 e. The number of nitrogens with zero attached hydrogens (tertiary/aromatic N) is 2. The van der Waals surface area contributed by atoms with Crippen molar-refractivity contribution >= 4 is 50.4 Å². The quantitative estimate of drug-likeness (QED) is 0.844. The van der Waals surface area contributed by atoms with Crippen LogP contribution in [0.1, 0.15) is 5.69 Å². The summed E-state index contributed by atoms with van der Waals surface area (Å²) in [5, 5.41) is 7.63. The Balaban J connectivity index is 1.61. The Morgan fingerprint density at radius 2 is 2.30 bits per heavy atom. The highest BCUT2D eigenvalue weighted by molar-refractivity contribution is 8.00. The van der Waals surface area contributed by atoms with E-state index >= 15 is 0 Å². The summed E-state index contributed by atoms with van der Waals surface area (Å²) in [6.07, 6.45) is 1.13. The second-order valence-corrected chi connectivity index (χ2v) is 9.75. The molecule has 1 saturated heterocycles. The maximum Gasteiger partial charge on any atom is 0.239 e. The number of carbonyl (C=O) groups excluding carboxylic acids is 1. The minimum absolute atomic E-state index is 0.272. The first-order valence-corrected chi connectivity index (χ1v) is 11.5. The van der Waals surface area contributed by atoms with Crippen LogP contribution in [-0.4, -0.2) is 47.5 Å². The third kappa shape index (κ3) is 3.94. The van der Waals surface area contributed by atoms with Crippen LogP contribution in [0.25, 0.3) is 9.88 Å². The average molecular weight is 390 g/mol. The fraction of sp³-hybridized carbons (Fsp3) is 0.385. The van der Waals surface area contributed by atoms with Crippen LogP contribution in [0.2, 0.25) is 0 Å². The standard InChI is InChI=1S/C13H15N3O3S4/c1-23(18,19)16-8-20-7-10(16)12(17)14-5-9-6-22-13(15-9)11-3-2-4-21-11/h2-4,6,10H,5,7-8H2,1H3,(H,14,17)/t10-/m1/s1. The number of rotatable bonds is 5. The van der Waals surface area contributed by atoms with Crippen LogP contribution in [-0.2, 0) is 21.4 Å². The highest BCUT2D eigenvalue weighted by atomic mass is 32.2. The number of sulfonamides is 1. The Morgan fingerprint density at radius 3 is 3.00 bits per heavy atom. The Hall–Kier alpha value is -0.940. The van der Waals surface area contributed by atoms with Crippen LogP contribution in [0, 0.1) is 0 Å². The molecule has 3 heterocycles. The number of hydrogen-bond acceptors (Lipinski definition) is 7. The van der Waals surface area contributed by atoms with Crippen molar-refractivity contribution in [3.05, 3.63) is 28.6 Å². The van der Waals surface area contributed by atoms with E-state index in [-0.39, 0.29) is 5.91 Å². The summed E-state index contributed by atoms with van der Waals surface area (Å²) in [5.74, 6) is 0.540. The zero-order chi connectivity index (χ0) is 16.4. The molecule has 124 valence electrons. The molecule has 10 heteroatoms. The van der Waals surface area contributed by atoms with Gasteiger partial charge in [0.05, 0.1) is 29.2 Å². The predicted octanol–water partition coefficient (Wildman–Crippen LogP) is 1.82. The molecule has 6 nitrogen and oxygen atoms in total. The van der Waals surface area contributed by atoms with E-state index in [1.54, 1.807) is 11.3 Å². The molecule has 23 heavy (non-hydrogen) atoms. The Bertz CT molecular complexity index is 785. The number of nitrogens with one attached hydrogen (secondary N) is 1. The average Bonchev–Trinajstić information content (AvgIpc) is 3.22. The van der Waals surface area contributed by atoms with Crippen LogP contribution in [0.4, 0.5) is 0 Å². The van der Waals surface area contributed by atoms with Crippen molar-refractivity contribution in [1.29, 1.82) is 0 Å². The van der Waals surface area contributed by atoms with Gasteiger partial charge in [0.25, 0.3) is 0 Å². The second-order valence-electron chi connectivity index (χ2n) is 5.00. The fourth-order valence-electron chi connectivity index (χ4n) is 2.16. The van der Waals surface area contributed by atoms with Gasteiger partial charge in [-0.25, -0.2) is 13.4 Å². The zero-order valence-electron chi connectivity index (χ0n) is 12.3. The maximum absolute atomic E-state index is 12.3. The van der Waals surface area contributed by atoms with Crippen molar-refractivity contribution in [2.24, 2.45) is 0 Å². The Morgan fingerprint density at radius 1 is 1.48 bits per heavy atom. The largest absolute Gasteiger partial charge is 0.349 e. The molecule has 2 aromatic rings. The predicted molar refractivity (Wildman–Crippen MR) is 95.1 cm³/mol. The van der Waals surface area contributed by atoms with Gasteiger partial charge < -0.3 is 5.32 Å². The van der Waals surface area contributed by atoms with Gasteiger partial charge in [-0.1, -0.05) is 6.07 Å². The van der Waals surface area contributed by atoms with Gasteiger partial charge in [0.2, 0.25) is 15.9 Å². The molecule has 0 radical (unpaired) electrons. The number of thiazole rings is 1. The molecule has 1 aliphatic heterocycles. The Labute approximate surface area is 147 Å². The summed E-state index contributed by atoms with van der Waals surface area (Å²) in [6.45, 7) is 0.305. The summed E-state index contributed by atoms with van der Waals surface area (Å²) in [7, 11) is -3.37. The van der Waals surface area contributed by atoms with E-state index in [1.165, 1.54) is 27.4 Å². The van der Waals surface area contributed by atoms with E-state index in [2.05, 4.69) is 10.3 Å². The van der Waals surface area contributed by atoms with E-state index in [9.17, 15) is 13.2 Å². The number of amides is 1. The first-order valence-electron chi connectivity index (χ1n) is 6.75. The zero-order valence-corrected chi connectivity index (χ0v) is 15.5. The van der Waals surface area contributed by atoms with Crippen molar-refractivity contribution in [1.82, 2.24) is 14.6 Å². The molecule has 3 rings (SSSR count). The highest BCUT2D eigenvalue weighted by Gasteiger charge is 2.36. The normalized spacial score (nSPS) is 19.1. The lowest BCUT2D eigenvalue weighted by molar-refractivity contribution is -0.124. The van der Waals surface area contributed by atoms with Gasteiger partial charge in [0.1, 0.15) is 11.0 Å². The van der Waals surface area contributed by atoms with Crippen molar-refractivity contribution in [3.63, 3.8) is 0 Å². The molecule has 0 aromatic carbocycles. The number of thioether (sulfide) groups is 1. The summed E-state index contributed by atoms with van der Waals surface area (Å²) in [4.78, 5) is 17.9. The molecule has 1 atom stereocenters. The van der Waals surface area contributed by atoms with Gasteiger partial charge in [-0.05, 0) is 11.4 Å². The number of carbonyl (C=O) groups is 1.